The van der Waals surface area contributed by atoms with Crippen LogP contribution in [0.25, 0.3) is 0 Å². The van der Waals surface area contributed by atoms with E-state index >= 15 is 0 Å². The van der Waals surface area contributed by atoms with E-state index in [1.165, 1.54) is 18.2 Å². The van der Waals surface area contributed by atoms with Gasteiger partial charge in [-0.15, -0.1) is 0 Å². The Morgan fingerprint density at radius 1 is 1.50 bits per heavy atom. The van der Waals surface area contributed by atoms with Gasteiger partial charge in [0, 0.05) is 12.1 Å². The summed E-state index contributed by atoms with van der Waals surface area (Å²) in [5, 5.41) is 22.2. The lowest BCUT2D eigenvalue weighted by atomic mass is 10.1. The fourth-order valence-corrected chi connectivity index (χ4v) is 1.30. The van der Waals surface area contributed by atoms with Crippen LogP contribution in [0.1, 0.15) is 26.3 Å². The van der Waals surface area contributed by atoms with E-state index in [0.717, 1.165) is 0 Å². The highest BCUT2D eigenvalue weighted by Crippen LogP contribution is 2.27. The molecule has 0 aliphatic rings. The van der Waals surface area contributed by atoms with Crippen molar-refractivity contribution in [2.45, 2.75) is 26.4 Å². The maximum atomic E-state index is 10.7. The van der Waals surface area contributed by atoms with Crippen LogP contribution in [-0.2, 0) is 0 Å². The molecule has 7 heteroatoms. The second-order valence-electron chi connectivity index (χ2n) is 4.64. The summed E-state index contributed by atoms with van der Waals surface area (Å²) >= 11 is 0. The summed E-state index contributed by atoms with van der Waals surface area (Å²) in [6.45, 7) is 5.47. The first-order valence-corrected chi connectivity index (χ1v) is 5.20. The van der Waals surface area contributed by atoms with E-state index in [-0.39, 0.29) is 17.1 Å². The first kappa shape index (κ1) is 13.8. The van der Waals surface area contributed by atoms with Crippen LogP contribution in [0.3, 0.4) is 0 Å². The SMILES string of the molecule is CC(C)(C)Oc1ccc([N+](=O)[O-])cc1C(N)=NO. The lowest BCUT2D eigenvalue weighted by Gasteiger charge is -2.22. The normalized spacial score (nSPS) is 12.3. The number of nitrogens with zero attached hydrogens (tertiary/aromatic N) is 2. The summed E-state index contributed by atoms with van der Waals surface area (Å²) < 4.78 is 5.60. The van der Waals surface area contributed by atoms with E-state index in [9.17, 15) is 10.1 Å². The molecule has 0 aliphatic carbocycles. The van der Waals surface area contributed by atoms with Crippen LogP contribution in [0.2, 0.25) is 0 Å². The Hall–Kier alpha value is -2.31. The lowest BCUT2D eigenvalue weighted by Crippen LogP contribution is -2.25. The molecular formula is C11H15N3O4. The van der Waals surface area contributed by atoms with Crippen LogP contribution in [0, 0.1) is 10.1 Å². The van der Waals surface area contributed by atoms with E-state index < -0.39 is 10.5 Å². The third-order valence-corrected chi connectivity index (χ3v) is 1.97. The summed E-state index contributed by atoms with van der Waals surface area (Å²) in [5.41, 5.74) is 5.01. The monoisotopic (exact) mass is 253 g/mol. The Labute approximate surface area is 104 Å². The second kappa shape index (κ2) is 4.91. The zero-order chi connectivity index (χ0) is 13.9. The Morgan fingerprint density at radius 3 is 2.56 bits per heavy atom. The van der Waals surface area contributed by atoms with Crippen LogP contribution < -0.4 is 10.5 Å². The smallest absolute Gasteiger partial charge is 0.270 e. The Balaban J connectivity index is 3.30. The van der Waals surface area contributed by atoms with Crippen molar-refractivity contribution in [3.63, 3.8) is 0 Å². The molecule has 3 N–H and O–H groups in total. The summed E-state index contributed by atoms with van der Waals surface area (Å²) in [4.78, 5) is 10.1. The number of benzene rings is 1. The van der Waals surface area contributed by atoms with E-state index in [2.05, 4.69) is 5.16 Å². The number of hydrogen-bond acceptors (Lipinski definition) is 5. The van der Waals surface area contributed by atoms with Crippen molar-refractivity contribution in [1.29, 1.82) is 0 Å². The average molecular weight is 253 g/mol. The molecule has 0 atom stereocenters. The van der Waals surface area contributed by atoms with Gasteiger partial charge in [0.2, 0.25) is 0 Å². The van der Waals surface area contributed by atoms with Gasteiger partial charge in [0.1, 0.15) is 11.4 Å². The standard InChI is InChI=1S/C11H15N3O4/c1-11(2,3)18-9-5-4-7(14(16)17)6-8(9)10(12)13-15/h4-6,15H,1-3H3,(H2,12,13). The van der Waals surface area contributed by atoms with Gasteiger partial charge in [0.25, 0.3) is 5.69 Å². The molecule has 0 aliphatic heterocycles. The molecule has 1 rings (SSSR count). The number of nitro groups is 1. The van der Waals surface area contributed by atoms with Gasteiger partial charge in [0.15, 0.2) is 5.84 Å². The topological polar surface area (TPSA) is 111 Å². The maximum absolute atomic E-state index is 10.7. The van der Waals surface area contributed by atoms with Crippen molar-refractivity contribution in [2.24, 2.45) is 10.9 Å². The molecule has 98 valence electrons. The van der Waals surface area contributed by atoms with Crippen LogP contribution in [-0.4, -0.2) is 21.6 Å². The van der Waals surface area contributed by atoms with Crippen molar-refractivity contribution in [2.75, 3.05) is 0 Å². The van der Waals surface area contributed by atoms with E-state index in [4.69, 9.17) is 15.7 Å². The minimum atomic E-state index is -0.560. The van der Waals surface area contributed by atoms with Gasteiger partial charge in [0.05, 0.1) is 10.5 Å². The number of amidine groups is 1. The highest BCUT2D eigenvalue weighted by atomic mass is 16.6. The quantitative estimate of drug-likeness (QED) is 0.281. The maximum Gasteiger partial charge on any atom is 0.270 e. The second-order valence-corrected chi connectivity index (χ2v) is 4.64. The zero-order valence-corrected chi connectivity index (χ0v) is 10.4. The lowest BCUT2D eigenvalue weighted by molar-refractivity contribution is -0.384. The van der Waals surface area contributed by atoms with Crippen molar-refractivity contribution in [1.82, 2.24) is 0 Å². The van der Waals surface area contributed by atoms with Gasteiger partial charge >= 0.3 is 0 Å². The molecule has 0 fully saturated rings. The Morgan fingerprint density at radius 2 is 2.11 bits per heavy atom. The van der Waals surface area contributed by atoms with Crippen LogP contribution in [0.5, 0.6) is 5.75 Å². The fraction of sp³-hybridized carbons (Fsp3) is 0.364. The van der Waals surface area contributed by atoms with Gasteiger partial charge in [-0.05, 0) is 26.8 Å². The van der Waals surface area contributed by atoms with Crippen molar-refractivity contribution in [3.8, 4) is 5.75 Å². The zero-order valence-electron chi connectivity index (χ0n) is 10.4. The number of non-ortho nitro benzene ring substituents is 1. The third-order valence-electron chi connectivity index (χ3n) is 1.97. The number of nitro benzene ring substituents is 1. The highest BCUT2D eigenvalue weighted by Gasteiger charge is 2.19. The highest BCUT2D eigenvalue weighted by molar-refractivity contribution is 6.00. The van der Waals surface area contributed by atoms with Gasteiger partial charge in [-0.2, -0.15) is 0 Å². The molecule has 1 aromatic rings. The minimum absolute atomic E-state index is 0.155. The molecule has 0 spiro atoms. The average Bonchev–Trinajstić information content (AvgIpc) is 2.26. The molecule has 0 radical (unpaired) electrons. The van der Waals surface area contributed by atoms with Crippen LogP contribution in [0.15, 0.2) is 23.4 Å². The molecule has 0 amide bonds. The fourth-order valence-electron chi connectivity index (χ4n) is 1.30. The van der Waals surface area contributed by atoms with E-state index in [0.29, 0.717) is 5.75 Å². The Bertz CT molecular complexity index is 492. The van der Waals surface area contributed by atoms with Crippen LogP contribution >= 0.6 is 0 Å². The van der Waals surface area contributed by atoms with Gasteiger partial charge in [-0.25, -0.2) is 0 Å². The largest absolute Gasteiger partial charge is 0.487 e. The molecule has 7 nitrogen and oxygen atoms in total. The first-order valence-electron chi connectivity index (χ1n) is 5.20. The third kappa shape index (κ3) is 3.34. The number of ether oxygens (including phenoxy) is 1. The van der Waals surface area contributed by atoms with Crippen molar-refractivity contribution >= 4 is 11.5 Å². The number of hydrogen-bond donors (Lipinski definition) is 2. The molecule has 0 aromatic heterocycles. The van der Waals surface area contributed by atoms with Crippen LogP contribution in [0.4, 0.5) is 5.69 Å². The number of rotatable bonds is 3. The number of nitrogens with two attached hydrogens (primary N) is 1. The number of oxime groups is 1. The Kier molecular flexibility index (Phi) is 3.75. The molecule has 0 heterocycles. The predicted molar refractivity (Wildman–Crippen MR) is 66.0 cm³/mol. The summed E-state index contributed by atoms with van der Waals surface area (Å²) in [6, 6.07) is 3.93. The summed E-state index contributed by atoms with van der Waals surface area (Å²) in [5.74, 6) is 0.0846. The molecule has 0 bridgehead atoms. The van der Waals surface area contributed by atoms with Gasteiger partial charge in [-0.3, -0.25) is 10.1 Å². The molecule has 0 saturated carbocycles. The van der Waals surface area contributed by atoms with Gasteiger partial charge in [-0.1, -0.05) is 5.16 Å². The predicted octanol–water partition coefficient (Wildman–Crippen LogP) is 1.87. The molecular weight excluding hydrogens is 238 g/mol. The van der Waals surface area contributed by atoms with E-state index in [1.54, 1.807) is 0 Å². The van der Waals surface area contributed by atoms with Crippen molar-refractivity contribution < 1.29 is 14.9 Å². The summed E-state index contributed by atoms with van der Waals surface area (Å²) in [7, 11) is 0. The molecule has 0 unspecified atom stereocenters. The first-order chi connectivity index (χ1) is 8.24. The summed E-state index contributed by atoms with van der Waals surface area (Å²) in [6.07, 6.45) is 0. The van der Waals surface area contributed by atoms with Gasteiger partial charge < -0.3 is 15.7 Å². The molecule has 0 saturated heterocycles. The van der Waals surface area contributed by atoms with E-state index in [1.807, 2.05) is 20.8 Å². The molecule has 18 heavy (non-hydrogen) atoms. The minimum Gasteiger partial charge on any atom is -0.487 e. The van der Waals surface area contributed by atoms with Crippen molar-refractivity contribution in [3.05, 3.63) is 33.9 Å². The molecule has 1 aromatic carbocycles.